The first kappa shape index (κ1) is 16.1. The van der Waals surface area contributed by atoms with E-state index in [9.17, 15) is 9.59 Å². The molecule has 1 aliphatic carbocycles. The quantitative estimate of drug-likeness (QED) is 0.475. The summed E-state index contributed by atoms with van der Waals surface area (Å²) in [4.78, 5) is 30.0. The van der Waals surface area contributed by atoms with Crippen LogP contribution < -0.4 is 0 Å². The van der Waals surface area contributed by atoms with E-state index < -0.39 is 11.9 Å². The summed E-state index contributed by atoms with van der Waals surface area (Å²) in [6, 6.07) is 10.1. The largest absolute Gasteiger partial charge is 0.462 e. The van der Waals surface area contributed by atoms with E-state index in [0.29, 0.717) is 16.5 Å². The Labute approximate surface area is 150 Å². The number of fused-ring (bicyclic) bond motifs is 3. The van der Waals surface area contributed by atoms with Gasteiger partial charge in [-0.15, -0.1) is 11.8 Å². The summed E-state index contributed by atoms with van der Waals surface area (Å²) in [7, 11) is 0. The number of thioether (sulfide) groups is 1. The number of carbonyl (C=O) groups excluding carboxylic acids is 2. The molecule has 0 radical (unpaired) electrons. The van der Waals surface area contributed by atoms with Crippen LogP contribution in [0.25, 0.3) is 16.3 Å². The van der Waals surface area contributed by atoms with Gasteiger partial charge in [-0.25, -0.2) is 9.79 Å². The predicted molar refractivity (Wildman–Crippen MR) is 100 cm³/mol. The molecule has 0 unspecified atom stereocenters. The number of ether oxygens (including phenoxy) is 1. The first-order chi connectivity index (χ1) is 12.0. The van der Waals surface area contributed by atoms with Gasteiger partial charge in [0.1, 0.15) is 5.57 Å². The van der Waals surface area contributed by atoms with Crippen LogP contribution in [0, 0.1) is 0 Å². The zero-order valence-corrected chi connectivity index (χ0v) is 15.1. The Morgan fingerprint density at radius 1 is 1.20 bits per heavy atom. The number of allylic oxidation sites excluding steroid dienone is 1. The first-order valence-corrected chi connectivity index (χ1v) is 9.18. The van der Waals surface area contributed by atoms with Crippen molar-refractivity contribution >= 4 is 45.7 Å². The van der Waals surface area contributed by atoms with E-state index in [1.165, 1.54) is 4.90 Å². The fourth-order valence-corrected chi connectivity index (χ4v) is 4.38. The van der Waals surface area contributed by atoms with Crippen LogP contribution in [0.15, 0.2) is 45.8 Å². The summed E-state index contributed by atoms with van der Waals surface area (Å²) in [5.74, 6) is -1.10. The molecule has 4 rings (SSSR count). The highest BCUT2D eigenvalue weighted by molar-refractivity contribution is 8.00. The van der Waals surface area contributed by atoms with Crippen molar-refractivity contribution in [1.82, 2.24) is 0 Å². The van der Waals surface area contributed by atoms with Crippen molar-refractivity contribution in [3.8, 4) is 0 Å². The van der Waals surface area contributed by atoms with E-state index in [1.54, 1.807) is 18.7 Å². The van der Waals surface area contributed by atoms with Crippen molar-refractivity contribution in [2.75, 3.05) is 6.61 Å². The van der Waals surface area contributed by atoms with Crippen LogP contribution >= 0.6 is 11.8 Å². The van der Waals surface area contributed by atoms with Gasteiger partial charge in [-0.05, 0) is 23.9 Å². The van der Waals surface area contributed by atoms with Crippen molar-refractivity contribution in [3.05, 3.63) is 47.0 Å². The average Bonchev–Trinajstić information content (AvgIpc) is 3.05. The Morgan fingerprint density at radius 2 is 2.00 bits per heavy atom. The number of hydrogen-bond acceptors (Lipinski definition) is 4. The second-order valence-electron chi connectivity index (χ2n) is 6.24. The van der Waals surface area contributed by atoms with E-state index in [1.807, 2.05) is 18.2 Å². The molecule has 0 N–H and O–H groups in total. The Hall–Kier alpha value is -2.40. The molecule has 25 heavy (non-hydrogen) atoms. The molecular weight excluding hydrogens is 334 g/mol. The summed E-state index contributed by atoms with van der Waals surface area (Å²) in [6.07, 6.45) is 0. The molecular formula is C20H17NO3S. The Kier molecular flexibility index (Phi) is 3.76. The Balaban J connectivity index is 1.99. The maximum Gasteiger partial charge on any atom is 0.344 e. The molecule has 0 fully saturated rings. The number of aliphatic imine (C=N–C) groups is 1. The molecule has 4 nitrogen and oxygen atoms in total. The van der Waals surface area contributed by atoms with Crippen LogP contribution in [0.4, 0.5) is 0 Å². The molecule has 1 amide bonds. The summed E-state index contributed by atoms with van der Waals surface area (Å²) in [5.41, 5.74) is 3.09. The minimum Gasteiger partial charge on any atom is -0.462 e. The predicted octanol–water partition coefficient (Wildman–Crippen LogP) is 4.00. The summed E-state index contributed by atoms with van der Waals surface area (Å²) in [5, 5.41) is 2.66. The highest BCUT2D eigenvalue weighted by Gasteiger charge is 2.39. The zero-order chi connectivity index (χ0) is 17.7. The highest BCUT2D eigenvalue weighted by Crippen LogP contribution is 2.45. The lowest BCUT2D eigenvalue weighted by Crippen LogP contribution is -2.13. The van der Waals surface area contributed by atoms with Gasteiger partial charge in [0.15, 0.2) is 0 Å². The van der Waals surface area contributed by atoms with Crippen molar-refractivity contribution in [3.63, 3.8) is 0 Å². The van der Waals surface area contributed by atoms with Gasteiger partial charge in [0.05, 0.1) is 12.3 Å². The van der Waals surface area contributed by atoms with Crippen LogP contribution in [0.5, 0.6) is 0 Å². The normalized spacial score (nSPS) is 15.2. The molecule has 1 heterocycles. The molecule has 2 aromatic rings. The Bertz CT molecular complexity index is 1000. The third kappa shape index (κ3) is 2.34. The van der Waals surface area contributed by atoms with Crippen LogP contribution in [0.2, 0.25) is 0 Å². The standard InChI is InChI=1S/C20H17NO3S/c1-4-24-20(23)17-16-12-8-9-14(25-10(2)3)11-6-5-7-13(15(11)12)18(16)21-19(17)22/h5-10H,4H2,1-3H3. The number of carbonyl (C=O) groups is 2. The average molecular weight is 351 g/mol. The molecule has 1 aliphatic heterocycles. The number of benzene rings is 2. The Morgan fingerprint density at radius 3 is 2.72 bits per heavy atom. The molecule has 0 aromatic heterocycles. The highest BCUT2D eigenvalue weighted by atomic mass is 32.2. The van der Waals surface area contributed by atoms with E-state index in [0.717, 1.165) is 21.9 Å². The van der Waals surface area contributed by atoms with Crippen molar-refractivity contribution in [2.24, 2.45) is 4.99 Å². The van der Waals surface area contributed by atoms with Gasteiger partial charge >= 0.3 is 5.97 Å². The SMILES string of the molecule is CCOC(=O)C1=C2C(=NC1=O)c1cccc3c(SC(C)C)ccc2c13. The van der Waals surface area contributed by atoms with Gasteiger partial charge in [0.25, 0.3) is 5.91 Å². The smallest absolute Gasteiger partial charge is 0.344 e. The monoisotopic (exact) mass is 351 g/mol. The molecule has 5 heteroatoms. The van der Waals surface area contributed by atoms with Gasteiger partial charge < -0.3 is 4.74 Å². The van der Waals surface area contributed by atoms with E-state index >= 15 is 0 Å². The topological polar surface area (TPSA) is 55.7 Å². The molecule has 0 saturated carbocycles. The van der Waals surface area contributed by atoms with Crippen LogP contribution in [-0.4, -0.2) is 29.4 Å². The summed E-state index contributed by atoms with van der Waals surface area (Å²) < 4.78 is 5.08. The summed E-state index contributed by atoms with van der Waals surface area (Å²) >= 11 is 1.80. The molecule has 2 aromatic carbocycles. The van der Waals surface area contributed by atoms with Crippen LogP contribution in [-0.2, 0) is 14.3 Å². The van der Waals surface area contributed by atoms with E-state index in [4.69, 9.17) is 4.74 Å². The van der Waals surface area contributed by atoms with Crippen LogP contribution in [0.3, 0.4) is 0 Å². The third-order valence-electron chi connectivity index (χ3n) is 4.28. The number of hydrogen-bond donors (Lipinski definition) is 0. The van der Waals surface area contributed by atoms with Crippen molar-refractivity contribution in [2.45, 2.75) is 30.9 Å². The first-order valence-electron chi connectivity index (χ1n) is 8.30. The van der Waals surface area contributed by atoms with Crippen LogP contribution in [0.1, 0.15) is 31.9 Å². The zero-order valence-electron chi connectivity index (χ0n) is 14.3. The molecule has 0 atom stereocenters. The number of nitrogens with zero attached hydrogens (tertiary/aromatic N) is 1. The van der Waals surface area contributed by atoms with E-state index in [2.05, 4.69) is 31.0 Å². The van der Waals surface area contributed by atoms with Gasteiger partial charge in [0, 0.05) is 26.7 Å². The summed E-state index contributed by atoms with van der Waals surface area (Å²) in [6.45, 7) is 6.27. The minimum atomic E-state index is -0.595. The molecule has 0 spiro atoms. The van der Waals surface area contributed by atoms with Crippen molar-refractivity contribution < 1.29 is 14.3 Å². The van der Waals surface area contributed by atoms with Gasteiger partial charge in [-0.3, -0.25) is 4.79 Å². The molecule has 126 valence electrons. The molecule has 2 aliphatic rings. The third-order valence-corrected chi connectivity index (χ3v) is 5.36. The number of esters is 1. The maximum absolute atomic E-state index is 12.3. The maximum atomic E-state index is 12.3. The van der Waals surface area contributed by atoms with Crippen molar-refractivity contribution in [1.29, 1.82) is 0 Å². The van der Waals surface area contributed by atoms with E-state index in [-0.39, 0.29) is 12.2 Å². The van der Waals surface area contributed by atoms with Gasteiger partial charge in [0.2, 0.25) is 0 Å². The second kappa shape index (κ2) is 5.85. The fourth-order valence-electron chi connectivity index (χ4n) is 3.43. The lowest BCUT2D eigenvalue weighted by molar-refractivity contribution is -0.139. The number of rotatable bonds is 4. The van der Waals surface area contributed by atoms with Gasteiger partial charge in [-0.2, -0.15) is 0 Å². The minimum absolute atomic E-state index is 0.0543. The fraction of sp³-hybridized carbons (Fsp3) is 0.250. The lowest BCUT2D eigenvalue weighted by Gasteiger charge is -2.11. The second-order valence-corrected chi connectivity index (χ2v) is 7.86. The lowest BCUT2D eigenvalue weighted by atomic mass is 10.0. The molecule has 0 saturated heterocycles. The molecule has 0 bridgehead atoms. The van der Waals surface area contributed by atoms with Gasteiger partial charge in [-0.1, -0.05) is 38.1 Å². The number of amides is 1.